The van der Waals surface area contributed by atoms with Crippen LogP contribution in [-0.2, 0) is 4.79 Å². The van der Waals surface area contributed by atoms with Crippen LogP contribution in [0.5, 0.6) is 0 Å². The van der Waals surface area contributed by atoms with Crippen molar-refractivity contribution in [3.63, 3.8) is 0 Å². The molecule has 20 heavy (non-hydrogen) atoms. The minimum absolute atomic E-state index is 0.398. The number of hydrogen-bond acceptors (Lipinski definition) is 5. The minimum atomic E-state index is -1.37. The normalized spacial score (nSPS) is 15.2. The van der Waals surface area contributed by atoms with E-state index in [1.807, 2.05) is 0 Å². The van der Waals surface area contributed by atoms with Crippen LogP contribution in [0.2, 0.25) is 0 Å². The summed E-state index contributed by atoms with van der Waals surface area (Å²) in [6.45, 7) is 6.49. The van der Waals surface area contributed by atoms with Crippen LogP contribution in [0.4, 0.5) is 4.79 Å². The number of carboxylic acids is 1. The molecule has 0 spiro atoms. The van der Waals surface area contributed by atoms with Crippen LogP contribution < -0.4 is 10.6 Å². The number of urea groups is 1. The predicted octanol–water partition coefficient (Wildman–Crippen LogP) is 0.486. The fourth-order valence-electron chi connectivity index (χ4n) is 1.95. The zero-order valence-corrected chi connectivity index (χ0v) is 11.8. The molecule has 1 aromatic rings. The largest absolute Gasteiger partial charge is 0.480 e. The number of hydrogen-bond donors (Lipinski definition) is 4. The smallest absolute Gasteiger partial charge is 0.328 e. The Hall–Kier alpha value is -2.09. The highest BCUT2D eigenvalue weighted by atomic mass is 16.5. The van der Waals surface area contributed by atoms with Crippen molar-refractivity contribution in [3.8, 4) is 0 Å². The van der Waals surface area contributed by atoms with E-state index in [0.29, 0.717) is 11.5 Å². The molecule has 0 radical (unpaired) electrons. The Morgan fingerprint density at radius 3 is 2.25 bits per heavy atom. The summed E-state index contributed by atoms with van der Waals surface area (Å²) in [4.78, 5) is 22.6. The molecule has 0 saturated heterocycles. The Morgan fingerprint density at radius 1 is 1.25 bits per heavy atom. The summed E-state index contributed by atoms with van der Waals surface area (Å²) in [6, 6.07) is -2.46. The van der Waals surface area contributed by atoms with E-state index in [-0.39, 0.29) is 0 Å². The Bertz CT molecular complexity index is 478. The first kappa shape index (κ1) is 16.0. The maximum Gasteiger partial charge on any atom is 0.328 e. The number of aliphatic hydroxyl groups excluding tert-OH is 1. The van der Waals surface area contributed by atoms with Gasteiger partial charge in [-0.15, -0.1) is 0 Å². The van der Waals surface area contributed by atoms with E-state index in [1.165, 1.54) is 6.92 Å². The highest BCUT2D eigenvalue weighted by Crippen LogP contribution is 2.20. The molecule has 0 fully saturated rings. The summed E-state index contributed by atoms with van der Waals surface area (Å²) in [6.07, 6.45) is -1.20. The Labute approximate surface area is 116 Å². The molecule has 0 saturated carbocycles. The van der Waals surface area contributed by atoms with Gasteiger partial charge in [0.1, 0.15) is 5.76 Å². The topological polar surface area (TPSA) is 125 Å². The van der Waals surface area contributed by atoms with Crippen LogP contribution in [0, 0.1) is 13.8 Å². The number of nitrogens with zero attached hydrogens (tertiary/aromatic N) is 1. The molecular formula is C12H19N3O5. The van der Waals surface area contributed by atoms with Crippen molar-refractivity contribution in [3.05, 3.63) is 17.0 Å². The molecule has 0 aliphatic carbocycles. The maximum absolute atomic E-state index is 11.7. The van der Waals surface area contributed by atoms with Crippen molar-refractivity contribution in [2.45, 2.75) is 45.9 Å². The number of carbonyl (C=O) groups is 2. The molecule has 0 aliphatic rings. The van der Waals surface area contributed by atoms with Gasteiger partial charge in [0.15, 0.2) is 6.04 Å². The molecule has 8 heteroatoms. The van der Waals surface area contributed by atoms with Gasteiger partial charge in [0.25, 0.3) is 0 Å². The van der Waals surface area contributed by atoms with Crippen molar-refractivity contribution in [1.82, 2.24) is 15.8 Å². The van der Waals surface area contributed by atoms with Crippen LogP contribution in [0.15, 0.2) is 4.52 Å². The van der Waals surface area contributed by atoms with Crippen molar-refractivity contribution in [1.29, 1.82) is 0 Å². The Balaban J connectivity index is 2.69. The molecule has 0 aromatic carbocycles. The molecule has 1 aromatic heterocycles. The van der Waals surface area contributed by atoms with Crippen molar-refractivity contribution in [2.75, 3.05) is 0 Å². The van der Waals surface area contributed by atoms with E-state index in [4.69, 9.17) is 9.63 Å². The summed E-state index contributed by atoms with van der Waals surface area (Å²) in [5.41, 5.74) is 1.39. The molecule has 4 N–H and O–H groups in total. The second-order valence-electron chi connectivity index (χ2n) is 4.63. The molecule has 8 nitrogen and oxygen atoms in total. The number of amides is 2. The minimum Gasteiger partial charge on any atom is -0.480 e. The van der Waals surface area contributed by atoms with Gasteiger partial charge in [-0.2, -0.15) is 0 Å². The number of aromatic nitrogens is 1. The van der Waals surface area contributed by atoms with E-state index in [0.717, 1.165) is 5.56 Å². The first-order valence-electron chi connectivity index (χ1n) is 6.14. The Morgan fingerprint density at radius 2 is 1.85 bits per heavy atom. The lowest BCUT2D eigenvalue weighted by molar-refractivity contribution is -0.141. The molecule has 1 rings (SSSR count). The predicted molar refractivity (Wildman–Crippen MR) is 69.2 cm³/mol. The third-order valence-electron chi connectivity index (χ3n) is 2.90. The van der Waals surface area contributed by atoms with Gasteiger partial charge in [0.2, 0.25) is 0 Å². The summed E-state index contributed by atoms with van der Waals surface area (Å²) in [5, 5.41) is 26.7. The van der Waals surface area contributed by atoms with Gasteiger partial charge >= 0.3 is 12.0 Å². The molecular weight excluding hydrogens is 266 g/mol. The zero-order chi connectivity index (χ0) is 15.4. The SMILES string of the molecule is Cc1noc(C)c1C(C)NC(=O)NC(C(=O)O)C(C)O. The van der Waals surface area contributed by atoms with Crippen LogP contribution in [0.25, 0.3) is 0 Å². The quantitative estimate of drug-likeness (QED) is 0.624. The lowest BCUT2D eigenvalue weighted by Gasteiger charge is -2.20. The first-order valence-corrected chi connectivity index (χ1v) is 6.14. The van der Waals surface area contributed by atoms with E-state index in [2.05, 4.69) is 15.8 Å². The number of aliphatic hydroxyl groups is 1. The lowest BCUT2D eigenvalue weighted by atomic mass is 10.1. The summed E-state index contributed by atoms with van der Waals surface area (Å²) in [7, 11) is 0. The van der Waals surface area contributed by atoms with Crippen LogP contribution in [0.3, 0.4) is 0 Å². The molecule has 0 bridgehead atoms. The lowest BCUT2D eigenvalue weighted by Crippen LogP contribution is -2.51. The maximum atomic E-state index is 11.7. The number of carbonyl (C=O) groups excluding carboxylic acids is 1. The van der Waals surface area contributed by atoms with Crippen LogP contribution in [0.1, 0.15) is 36.9 Å². The number of nitrogens with one attached hydrogen (secondary N) is 2. The molecule has 2 amide bonds. The summed E-state index contributed by atoms with van der Waals surface area (Å²) < 4.78 is 5.00. The number of aliphatic carboxylic acids is 1. The van der Waals surface area contributed by atoms with E-state index in [1.54, 1.807) is 20.8 Å². The van der Waals surface area contributed by atoms with E-state index >= 15 is 0 Å². The summed E-state index contributed by atoms with van der Waals surface area (Å²) >= 11 is 0. The molecule has 0 aliphatic heterocycles. The molecule has 3 atom stereocenters. The van der Waals surface area contributed by atoms with Crippen molar-refractivity contribution < 1.29 is 24.3 Å². The molecule has 112 valence electrons. The zero-order valence-electron chi connectivity index (χ0n) is 11.8. The van der Waals surface area contributed by atoms with Crippen molar-refractivity contribution >= 4 is 12.0 Å². The highest BCUT2D eigenvalue weighted by Gasteiger charge is 2.26. The second kappa shape index (κ2) is 6.38. The van der Waals surface area contributed by atoms with E-state index in [9.17, 15) is 14.7 Å². The number of rotatable bonds is 5. The first-order chi connectivity index (χ1) is 9.23. The Kier molecular flexibility index (Phi) is 5.09. The van der Waals surface area contributed by atoms with Crippen LogP contribution >= 0.6 is 0 Å². The van der Waals surface area contributed by atoms with Gasteiger partial charge < -0.3 is 25.4 Å². The third-order valence-corrected chi connectivity index (χ3v) is 2.90. The van der Waals surface area contributed by atoms with Gasteiger partial charge in [0, 0.05) is 5.56 Å². The van der Waals surface area contributed by atoms with E-state index < -0.39 is 30.2 Å². The average molecular weight is 285 g/mol. The number of carboxylic acid groups (broad SMARTS) is 1. The molecule has 3 unspecified atom stereocenters. The van der Waals surface area contributed by atoms with Crippen molar-refractivity contribution in [2.24, 2.45) is 0 Å². The van der Waals surface area contributed by atoms with Gasteiger partial charge in [-0.3, -0.25) is 0 Å². The monoisotopic (exact) mass is 285 g/mol. The van der Waals surface area contributed by atoms with Gasteiger partial charge in [-0.25, -0.2) is 9.59 Å². The average Bonchev–Trinajstić information content (AvgIpc) is 2.65. The fourth-order valence-corrected chi connectivity index (χ4v) is 1.95. The number of aryl methyl sites for hydroxylation is 2. The standard InChI is InChI=1S/C12H19N3O5/c1-5(9-6(2)15-20-8(9)4)13-12(19)14-10(7(3)16)11(17)18/h5,7,10,16H,1-4H3,(H,17,18)(H2,13,14,19). The summed E-state index contributed by atoms with van der Waals surface area (Å²) in [5.74, 6) is -0.722. The highest BCUT2D eigenvalue weighted by molar-refractivity contribution is 5.83. The second-order valence-corrected chi connectivity index (χ2v) is 4.63. The van der Waals surface area contributed by atoms with Gasteiger partial charge in [-0.05, 0) is 27.7 Å². The molecule has 1 heterocycles. The van der Waals surface area contributed by atoms with Gasteiger partial charge in [-0.1, -0.05) is 5.16 Å². The fraction of sp³-hybridized carbons (Fsp3) is 0.583. The third kappa shape index (κ3) is 3.70. The van der Waals surface area contributed by atoms with Gasteiger partial charge in [0.05, 0.1) is 17.8 Å². The van der Waals surface area contributed by atoms with Crippen LogP contribution in [-0.4, -0.2) is 39.5 Å².